The van der Waals surface area contributed by atoms with Crippen molar-refractivity contribution < 1.29 is 39.2 Å². The van der Waals surface area contributed by atoms with Gasteiger partial charge in [0.15, 0.2) is 6.10 Å². The van der Waals surface area contributed by atoms with Crippen molar-refractivity contribution in [2.75, 3.05) is 13.2 Å². The summed E-state index contributed by atoms with van der Waals surface area (Å²) in [6.07, 6.45) is 15.3. The van der Waals surface area contributed by atoms with Crippen LogP contribution in [0, 0.1) is 0 Å². The standard InChI is InChI=1S/C25H46O8/c1-2-3-4-5-6-7-8-9-10-11-12-13-14-15-16-17-23(28)32-19-21(26)20-33-24(29)18-22(27)25(30)31/h21-22,26-27H,2-20H2,1H3,(H,30,31). The van der Waals surface area contributed by atoms with Crippen LogP contribution in [-0.2, 0) is 23.9 Å². The van der Waals surface area contributed by atoms with E-state index in [0.29, 0.717) is 0 Å². The largest absolute Gasteiger partial charge is 0.479 e. The van der Waals surface area contributed by atoms with E-state index in [1.807, 2.05) is 0 Å². The Balaban J connectivity index is 3.43. The Bertz CT molecular complexity index is 509. The van der Waals surface area contributed by atoms with Crippen molar-refractivity contribution in [1.29, 1.82) is 0 Å². The van der Waals surface area contributed by atoms with Gasteiger partial charge < -0.3 is 24.8 Å². The number of aliphatic hydroxyl groups excluding tert-OH is 2. The minimum absolute atomic E-state index is 0.287. The average Bonchev–Trinajstić information content (AvgIpc) is 2.78. The summed E-state index contributed by atoms with van der Waals surface area (Å²) in [6.45, 7) is 1.52. The van der Waals surface area contributed by atoms with Crippen molar-refractivity contribution in [2.24, 2.45) is 0 Å². The Kier molecular flexibility index (Phi) is 21.0. The molecule has 0 saturated carbocycles. The van der Waals surface area contributed by atoms with E-state index in [9.17, 15) is 19.5 Å². The van der Waals surface area contributed by atoms with E-state index in [-0.39, 0.29) is 13.0 Å². The molecule has 0 radical (unpaired) electrons. The van der Waals surface area contributed by atoms with Gasteiger partial charge in [0.05, 0.1) is 6.42 Å². The van der Waals surface area contributed by atoms with Crippen molar-refractivity contribution in [1.82, 2.24) is 0 Å². The second-order valence-electron chi connectivity index (χ2n) is 8.78. The zero-order chi connectivity index (χ0) is 24.7. The normalized spacial score (nSPS) is 12.8. The third-order valence-electron chi connectivity index (χ3n) is 5.50. The fourth-order valence-electron chi connectivity index (χ4n) is 3.44. The molecule has 0 heterocycles. The first-order chi connectivity index (χ1) is 15.9. The molecule has 8 nitrogen and oxygen atoms in total. The topological polar surface area (TPSA) is 130 Å². The quantitative estimate of drug-likeness (QED) is 0.145. The summed E-state index contributed by atoms with van der Waals surface area (Å²) in [5.41, 5.74) is 0. The van der Waals surface area contributed by atoms with Gasteiger partial charge in [-0.3, -0.25) is 9.59 Å². The van der Waals surface area contributed by atoms with Crippen LogP contribution in [-0.4, -0.2) is 58.6 Å². The number of carbonyl (C=O) groups is 3. The minimum Gasteiger partial charge on any atom is -0.479 e. The number of aliphatic hydroxyl groups is 2. The number of ether oxygens (including phenoxy) is 2. The Hall–Kier alpha value is -1.67. The third kappa shape index (κ3) is 21.9. The highest BCUT2D eigenvalue weighted by atomic mass is 16.6. The number of aliphatic carboxylic acids is 1. The summed E-state index contributed by atoms with van der Waals surface area (Å²) in [5.74, 6) is -2.88. The number of hydrogen-bond acceptors (Lipinski definition) is 7. The van der Waals surface area contributed by atoms with E-state index < -0.39 is 43.1 Å². The molecule has 0 aliphatic carbocycles. The van der Waals surface area contributed by atoms with Gasteiger partial charge in [-0.25, -0.2) is 4.79 Å². The second-order valence-corrected chi connectivity index (χ2v) is 8.78. The maximum atomic E-state index is 11.7. The van der Waals surface area contributed by atoms with Crippen molar-refractivity contribution in [3.05, 3.63) is 0 Å². The molecule has 2 atom stereocenters. The van der Waals surface area contributed by atoms with Gasteiger partial charge in [-0.1, -0.05) is 96.8 Å². The van der Waals surface area contributed by atoms with Crippen LogP contribution in [0.1, 0.15) is 116 Å². The molecule has 0 aliphatic heterocycles. The molecule has 2 unspecified atom stereocenters. The highest BCUT2D eigenvalue weighted by Crippen LogP contribution is 2.13. The maximum Gasteiger partial charge on any atom is 0.333 e. The Labute approximate surface area is 199 Å². The Morgan fingerprint density at radius 3 is 1.45 bits per heavy atom. The molecular formula is C25H46O8. The van der Waals surface area contributed by atoms with E-state index >= 15 is 0 Å². The van der Waals surface area contributed by atoms with E-state index in [2.05, 4.69) is 11.7 Å². The van der Waals surface area contributed by atoms with Crippen LogP contribution >= 0.6 is 0 Å². The predicted octanol–water partition coefficient (Wildman–Crippen LogP) is 4.53. The van der Waals surface area contributed by atoms with Gasteiger partial charge in [-0.05, 0) is 6.42 Å². The number of carboxylic acid groups (broad SMARTS) is 1. The average molecular weight is 475 g/mol. The van der Waals surface area contributed by atoms with E-state index in [0.717, 1.165) is 19.3 Å². The van der Waals surface area contributed by atoms with Crippen LogP contribution in [0.2, 0.25) is 0 Å². The zero-order valence-corrected chi connectivity index (χ0v) is 20.5. The van der Waals surface area contributed by atoms with Gasteiger partial charge in [0.2, 0.25) is 0 Å². The molecule has 0 spiro atoms. The highest BCUT2D eigenvalue weighted by Gasteiger charge is 2.20. The first kappa shape index (κ1) is 31.3. The van der Waals surface area contributed by atoms with Crippen molar-refractivity contribution in [3.63, 3.8) is 0 Å². The third-order valence-corrected chi connectivity index (χ3v) is 5.50. The van der Waals surface area contributed by atoms with Crippen molar-refractivity contribution >= 4 is 17.9 Å². The summed E-state index contributed by atoms with van der Waals surface area (Å²) in [5, 5.41) is 27.2. The number of rotatable bonds is 23. The van der Waals surface area contributed by atoms with Gasteiger partial charge >= 0.3 is 17.9 Å². The SMILES string of the molecule is CCCCCCCCCCCCCCCCCC(=O)OCC(O)COC(=O)CC(O)C(=O)O. The van der Waals surface area contributed by atoms with Crippen LogP contribution in [0.25, 0.3) is 0 Å². The summed E-state index contributed by atoms with van der Waals surface area (Å²) in [7, 11) is 0. The number of hydrogen-bond donors (Lipinski definition) is 3. The van der Waals surface area contributed by atoms with E-state index in [1.165, 1.54) is 77.0 Å². The van der Waals surface area contributed by atoms with Crippen LogP contribution in [0.5, 0.6) is 0 Å². The first-order valence-electron chi connectivity index (χ1n) is 12.8. The van der Waals surface area contributed by atoms with Crippen molar-refractivity contribution in [3.8, 4) is 0 Å². The fourth-order valence-corrected chi connectivity index (χ4v) is 3.44. The summed E-state index contributed by atoms with van der Waals surface area (Å²) < 4.78 is 9.59. The molecular weight excluding hydrogens is 428 g/mol. The van der Waals surface area contributed by atoms with Crippen LogP contribution in [0.3, 0.4) is 0 Å². The molecule has 0 aromatic carbocycles. The van der Waals surface area contributed by atoms with E-state index in [4.69, 9.17) is 14.9 Å². The molecule has 8 heteroatoms. The lowest BCUT2D eigenvalue weighted by Crippen LogP contribution is -2.28. The molecule has 0 saturated heterocycles. The first-order valence-corrected chi connectivity index (χ1v) is 12.8. The lowest BCUT2D eigenvalue weighted by Gasteiger charge is -2.12. The molecule has 194 valence electrons. The van der Waals surface area contributed by atoms with Crippen LogP contribution < -0.4 is 0 Å². The zero-order valence-electron chi connectivity index (χ0n) is 20.5. The molecule has 33 heavy (non-hydrogen) atoms. The molecule has 3 N–H and O–H groups in total. The second kappa shape index (κ2) is 22.1. The molecule has 0 aliphatic rings. The summed E-state index contributed by atoms with van der Waals surface area (Å²) >= 11 is 0. The smallest absolute Gasteiger partial charge is 0.333 e. The Morgan fingerprint density at radius 1 is 0.636 bits per heavy atom. The Morgan fingerprint density at radius 2 is 1.03 bits per heavy atom. The molecule has 0 fully saturated rings. The van der Waals surface area contributed by atoms with Gasteiger partial charge in [-0.2, -0.15) is 0 Å². The van der Waals surface area contributed by atoms with Crippen LogP contribution in [0.15, 0.2) is 0 Å². The fraction of sp³-hybridized carbons (Fsp3) is 0.880. The van der Waals surface area contributed by atoms with Gasteiger partial charge in [0.1, 0.15) is 19.3 Å². The van der Waals surface area contributed by atoms with Gasteiger partial charge in [0.25, 0.3) is 0 Å². The minimum atomic E-state index is -1.85. The van der Waals surface area contributed by atoms with Crippen LogP contribution in [0.4, 0.5) is 0 Å². The molecule has 0 amide bonds. The predicted molar refractivity (Wildman–Crippen MR) is 126 cm³/mol. The summed E-state index contributed by atoms with van der Waals surface area (Å²) in [6, 6.07) is 0. The number of carbonyl (C=O) groups excluding carboxylic acids is 2. The van der Waals surface area contributed by atoms with Crippen molar-refractivity contribution in [2.45, 2.75) is 128 Å². The van der Waals surface area contributed by atoms with Gasteiger partial charge in [0, 0.05) is 6.42 Å². The molecule has 0 aromatic heterocycles. The molecule has 0 aromatic rings. The van der Waals surface area contributed by atoms with Gasteiger partial charge in [-0.15, -0.1) is 0 Å². The monoisotopic (exact) mass is 474 g/mol. The number of esters is 2. The lowest BCUT2D eigenvalue weighted by molar-refractivity contribution is -0.159. The van der Waals surface area contributed by atoms with E-state index in [1.54, 1.807) is 0 Å². The molecule has 0 bridgehead atoms. The lowest BCUT2D eigenvalue weighted by atomic mass is 10.0. The number of unbranched alkanes of at least 4 members (excludes halogenated alkanes) is 14. The maximum absolute atomic E-state index is 11.7. The number of carboxylic acids is 1. The molecule has 0 rings (SSSR count). The highest BCUT2D eigenvalue weighted by molar-refractivity contribution is 5.80. The summed E-state index contributed by atoms with van der Waals surface area (Å²) in [4.78, 5) is 33.4.